The topological polar surface area (TPSA) is 65.7 Å². The Hall–Kier alpha value is -2.86. The van der Waals surface area contributed by atoms with Crippen molar-refractivity contribution in [3.8, 4) is 22.6 Å². The van der Waals surface area contributed by atoms with Crippen molar-refractivity contribution in [1.29, 1.82) is 0 Å². The van der Waals surface area contributed by atoms with Crippen molar-refractivity contribution in [2.45, 2.75) is 39.3 Å². The van der Waals surface area contributed by atoms with Gasteiger partial charge in [0.05, 0.1) is 5.69 Å². The zero-order valence-corrected chi connectivity index (χ0v) is 20.7. The minimum absolute atomic E-state index is 0. The molecule has 0 aliphatic heterocycles. The molecular weight excluding hydrogens is 610 g/mol. The average molecular weight is 633 g/mol. The van der Waals surface area contributed by atoms with Crippen LogP contribution in [-0.4, -0.2) is 20.3 Å². The first-order chi connectivity index (χ1) is 15.0. The summed E-state index contributed by atoms with van der Waals surface area (Å²) in [5.41, 5.74) is 3.74. The van der Waals surface area contributed by atoms with E-state index in [1.807, 2.05) is 25.1 Å². The SMILES string of the molecule is Cc1ccc(-c2[c-]cc(C(C)(C)C)cc2)nn1.FC(F)(F)c1cc(-c2ccccn2)[n-]n1.[Pt+2]. The molecule has 3 aromatic heterocycles. The molecule has 174 valence electrons. The van der Waals surface area contributed by atoms with E-state index in [1.54, 1.807) is 18.2 Å². The fourth-order valence-corrected chi connectivity index (χ4v) is 2.67. The van der Waals surface area contributed by atoms with E-state index in [2.05, 4.69) is 64.3 Å². The Morgan fingerprint density at radius 2 is 1.67 bits per heavy atom. The standard InChI is InChI=1S/C15H17N2.C9H5F3N3.Pt/c1-11-5-10-14(17-16-11)12-6-8-13(9-7-12)15(2,3)4;10-9(11,12)8-5-7(14-15-8)6-3-1-2-4-13-6;/h5-6,8-10H,1-4H3;1-5H;/q2*-1;+2. The Balaban J connectivity index is 0.000000228. The van der Waals surface area contributed by atoms with Gasteiger partial charge in [0.1, 0.15) is 5.69 Å². The van der Waals surface area contributed by atoms with Crippen LogP contribution in [0.3, 0.4) is 0 Å². The van der Waals surface area contributed by atoms with E-state index in [1.165, 1.54) is 11.8 Å². The van der Waals surface area contributed by atoms with E-state index in [0.717, 1.165) is 23.0 Å². The van der Waals surface area contributed by atoms with Crippen LogP contribution >= 0.6 is 0 Å². The fraction of sp³-hybridized carbons (Fsp3) is 0.250. The first kappa shape index (κ1) is 26.4. The molecule has 3 heterocycles. The normalized spacial score (nSPS) is 11.2. The smallest absolute Gasteiger partial charge is 0.573 e. The first-order valence-electron chi connectivity index (χ1n) is 9.86. The Morgan fingerprint density at radius 3 is 2.15 bits per heavy atom. The van der Waals surface area contributed by atoms with Crippen LogP contribution in [0.15, 0.2) is 60.8 Å². The molecule has 0 saturated carbocycles. The summed E-state index contributed by atoms with van der Waals surface area (Å²) < 4.78 is 36.6. The summed E-state index contributed by atoms with van der Waals surface area (Å²) in [6, 6.07) is 19.2. The molecular formula is C24H22F3N5Pt. The minimum atomic E-state index is -4.46. The minimum Gasteiger partial charge on any atom is -0.573 e. The van der Waals surface area contributed by atoms with Gasteiger partial charge in [-0.3, -0.25) is 4.98 Å². The second kappa shape index (κ2) is 10.8. The van der Waals surface area contributed by atoms with Gasteiger partial charge in [-0.25, -0.2) is 5.10 Å². The van der Waals surface area contributed by atoms with Gasteiger partial charge in [-0.2, -0.15) is 18.3 Å². The molecule has 0 fully saturated rings. The van der Waals surface area contributed by atoms with Gasteiger partial charge in [0.15, 0.2) is 0 Å². The van der Waals surface area contributed by atoms with Crippen molar-refractivity contribution in [3.05, 3.63) is 83.8 Å². The van der Waals surface area contributed by atoms with Crippen molar-refractivity contribution in [3.63, 3.8) is 0 Å². The van der Waals surface area contributed by atoms with Crippen LogP contribution in [0.25, 0.3) is 22.6 Å². The van der Waals surface area contributed by atoms with Crippen LogP contribution in [0.1, 0.15) is 37.7 Å². The monoisotopic (exact) mass is 632 g/mol. The first-order valence-corrected chi connectivity index (χ1v) is 9.86. The Bertz CT molecular complexity index is 1130. The summed E-state index contributed by atoms with van der Waals surface area (Å²) in [6.45, 7) is 8.52. The molecule has 0 bridgehead atoms. The van der Waals surface area contributed by atoms with Crippen LogP contribution in [0.2, 0.25) is 0 Å². The van der Waals surface area contributed by atoms with Crippen molar-refractivity contribution in [2.75, 3.05) is 0 Å². The summed E-state index contributed by atoms with van der Waals surface area (Å²) in [4.78, 5) is 3.87. The van der Waals surface area contributed by atoms with E-state index in [9.17, 15) is 13.2 Å². The molecule has 0 amide bonds. The van der Waals surface area contributed by atoms with E-state index in [4.69, 9.17) is 0 Å². The molecule has 0 saturated heterocycles. The Labute approximate surface area is 205 Å². The Kier molecular flexibility index (Phi) is 8.67. The summed E-state index contributed by atoms with van der Waals surface area (Å²) in [5, 5.41) is 14.7. The van der Waals surface area contributed by atoms with E-state index >= 15 is 0 Å². The molecule has 33 heavy (non-hydrogen) atoms. The molecule has 0 aliphatic rings. The Morgan fingerprint density at radius 1 is 0.909 bits per heavy atom. The predicted molar refractivity (Wildman–Crippen MR) is 116 cm³/mol. The van der Waals surface area contributed by atoms with Crippen molar-refractivity contribution >= 4 is 0 Å². The van der Waals surface area contributed by atoms with Gasteiger partial charge in [-0.15, -0.1) is 35.4 Å². The van der Waals surface area contributed by atoms with E-state index < -0.39 is 11.9 Å². The molecule has 0 atom stereocenters. The maximum atomic E-state index is 12.2. The zero-order valence-electron chi connectivity index (χ0n) is 18.5. The van der Waals surface area contributed by atoms with Crippen LogP contribution in [0.5, 0.6) is 0 Å². The third-order valence-corrected chi connectivity index (χ3v) is 4.51. The second-order valence-corrected chi connectivity index (χ2v) is 8.13. The number of hydrogen-bond donors (Lipinski definition) is 0. The number of aromatic nitrogens is 5. The molecule has 0 unspecified atom stereocenters. The summed E-state index contributed by atoms with van der Waals surface area (Å²) in [5.74, 6) is 0. The summed E-state index contributed by atoms with van der Waals surface area (Å²) in [6.07, 6.45) is -2.97. The number of hydrogen-bond acceptors (Lipinski definition) is 4. The molecule has 0 aliphatic carbocycles. The molecule has 4 aromatic rings. The van der Waals surface area contributed by atoms with Crippen molar-refractivity contribution < 1.29 is 34.2 Å². The summed E-state index contributed by atoms with van der Waals surface area (Å²) >= 11 is 0. The van der Waals surface area contributed by atoms with Gasteiger partial charge in [0, 0.05) is 17.6 Å². The van der Waals surface area contributed by atoms with Crippen LogP contribution in [0, 0.1) is 13.0 Å². The molecule has 1 aromatic carbocycles. The van der Waals surface area contributed by atoms with Gasteiger partial charge < -0.3 is 10.2 Å². The number of nitrogens with zero attached hydrogens (tertiary/aromatic N) is 5. The van der Waals surface area contributed by atoms with Gasteiger partial charge >= 0.3 is 27.2 Å². The maximum Gasteiger partial charge on any atom is 2.00 e. The number of alkyl halides is 3. The van der Waals surface area contributed by atoms with E-state index in [0.29, 0.717) is 5.69 Å². The largest absolute Gasteiger partial charge is 2.00 e. The van der Waals surface area contributed by atoms with Gasteiger partial charge in [0.25, 0.3) is 0 Å². The van der Waals surface area contributed by atoms with Gasteiger partial charge in [0.2, 0.25) is 0 Å². The number of benzene rings is 1. The fourth-order valence-electron chi connectivity index (χ4n) is 2.67. The second-order valence-electron chi connectivity index (χ2n) is 8.13. The molecule has 0 spiro atoms. The van der Waals surface area contributed by atoms with Crippen LogP contribution in [0.4, 0.5) is 13.2 Å². The predicted octanol–water partition coefficient (Wildman–Crippen LogP) is 5.67. The zero-order chi connectivity index (χ0) is 23.4. The molecule has 4 rings (SSSR count). The van der Waals surface area contributed by atoms with Crippen molar-refractivity contribution in [1.82, 2.24) is 25.4 Å². The molecule has 0 radical (unpaired) electrons. The number of pyridine rings is 1. The number of aryl methyl sites for hydroxylation is 1. The average Bonchev–Trinajstić information content (AvgIpc) is 3.26. The van der Waals surface area contributed by atoms with E-state index in [-0.39, 0.29) is 32.2 Å². The quantitative estimate of drug-likeness (QED) is 0.267. The molecule has 0 N–H and O–H groups in total. The third-order valence-electron chi connectivity index (χ3n) is 4.51. The van der Waals surface area contributed by atoms with Gasteiger partial charge in [-0.05, 0) is 36.6 Å². The maximum absolute atomic E-state index is 12.2. The molecule has 9 heteroatoms. The number of halogens is 3. The summed E-state index contributed by atoms with van der Waals surface area (Å²) in [7, 11) is 0. The molecule has 5 nitrogen and oxygen atoms in total. The van der Waals surface area contributed by atoms with Gasteiger partial charge in [-0.1, -0.05) is 38.6 Å². The van der Waals surface area contributed by atoms with Crippen LogP contribution < -0.4 is 5.10 Å². The van der Waals surface area contributed by atoms with Crippen molar-refractivity contribution in [2.24, 2.45) is 0 Å². The number of rotatable bonds is 2. The van der Waals surface area contributed by atoms with Crippen LogP contribution in [-0.2, 0) is 32.7 Å². The third kappa shape index (κ3) is 7.32.